The van der Waals surface area contributed by atoms with Crippen LogP contribution in [0.5, 0.6) is 0 Å². The highest BCUT2D eigenvalue weighted by Crippen LogP contribution is 2.23. The minimum Gasteiger partial charge on any atom is -0.394 e. The van der Waals surface area contributed by atoms with Gasteiger partial charge in [-0.1, -0.05) is 167 Å². The van der Waals surface area contributed by atoms with Crippen molar-refractivity contribution in [1.29, 1.82) is 0 Å². The van der Waals surface area contributed by atoms with Crippen LogP contribution in [0.25, 0.3) is 0 Å². The van der Waals surface area contributed by atoms with E-state index in [-0.39, 0.29) is 6.42 Å². The van der Waals surface area contributed by atoms with Crippen molar-refractivity contribution in [3.8, 4) is 0 Å². The molecule has 1 amide bonds. The van der Waals surface area contributed by atoms with Crippen molar-refractivity contribution >= 4 is 5.91 Å². The number of ether oxygens (including phenoxy) is 2. The van der Waals surface area contributed by atoms with Crippen molar-refractivity contribution in [1.82, 2.24) is 5.32 Å². The van der Waals surface area contributed by atoms with Gasteiger partial charge in [0, 0.05) is 0 Å². The predicted octanol–water partition coefficient (Wildman–Crippen LogP) is 6.89. The van der Waals surface area contributed by atoms with E-state index in [0.29, 0.717) is 19.3 Å². The molecule has 55 heavy (non-hydrogen) atoms. The largest absolute Gasteiger partial charge is 0.394 e. The quantitative estimate of drug-likeness (QED) is 0.0243. The zero-order chi connectivity index (χ0) is 40.5. The van der Waals surface area contributed by atoms with E-state index in [1.54, 1.807) is 0 Å². The standard InChI is InChI=1S/C44H85NO10/c1-3-5-7-9-11-12-13-14-15-16-17-18-19-20-21-22-23-24-25-26-28-30-32-37(48)43(53)45-35(39(49)36(47)31-29-27-10-8-6-4-2)34-54-44-42(52)41(51)40(50)38(33-46)55-44/h20-21,35-42,44,46-52H,3-19,22-34H2,1-2H3,(H,45,53)/b21-20-. The average molecular weight is 788 g/mol. The van der Waals surface area contributed by atoms with Gasteiger partial charge in [0.1, 0.15) is 36.6 Å². The van der Waals surface area contributed by atoms with Crippen LogP contribution in [0.3, 0.4) is 0 Å². The zero-order valence-corrected chi connectivity index (χ0v) is 34.9. The Kier molecular flexibility index (Phi) is 32.9. The fourth-order valence-electron chi connectivity index (χ4n) is 7.26. The van der Waals surface area contributed by atoms with Gasteiger partial charge in [-0.05, 0) is 38.5 Å². The van der Waals surface area contributed by atoms with Crippen molar-refractivity contribution in [2.75, 3.05) is 13.2 Å². The predicted molar refractivity (Wildman–Crippen MR) is 219 cm³/mol. The average Bonchev–Trinajstić information content (AvgIpc) is 3.18. The Balaban J connectivity index is 2.32. The lowest BCUT2D eigenvalue weighted by atomic mass is 9.98. The van der Waals surface area contributed by atoms with Crippen LogP contribution in [0.15, 0.2) is 12.2 Å². The molecule has 11 nitrogen and oxygen atoms in total. The second kappa shape index (κ2) is 34.9. The van der Waals surface area contributed by atoms with Crippen LogP contribution in [0.1, 0.15) is 194 Å². The molecule has 0 aliphatic carbocycles. The third-order valence-corrected chi connectivity index (χ3v) is 11.1. The number of nitrogens with one attached hydrogen (secondary N) is 1. The first-order valence-corrected chi connectivity index (χ1v) is 22.6. The van der Waals surface area contributed by atoms with Gasteiger partial charge in [0.15, 0.2) is 6.29 Å². The zero-order valence-electron chi connectivity index (χ0n) is 34.9. The van der Waals surface area contributed by atoms with Crippen LogP contribution < -0.4 is 5.32 Å². The second-order valence-electron chi connectivity index (χ2n) is 16.1. The molecule has 1 fully saturated rings. The maximum Gasteiger partial charge on any atom is 0.249 e. The van der Waals surface area contributed by atoms with E-state index < -0.39 is 74.2 Å². The molecule has 0 aromatic carbocycles. The number of aliphatic hydroxyl groups excluding tert-OH is 7. The molecule has 326 valence electrons. The molecule has 1 heterocycles. The van der Waals surface area contributed by atoms with Crippen LogP contribution in [0.2, 0.25) is 0 Å². The first kappa shape index (κ1) is 51.9. The van der Waals surface area contributed by atoms with Crippen molar-refractivity contribution < 1.29 is 50.0 Å². The Hall–Kier alpha value is -1.15. The molecular formula is C44H85NO10. The van der Waals surface area contributed by atoms with Gasteiger partial charge in [-0.3, -0.25) is 4.79 Å². The number of unbranched alkanes of at least 4 members (excludes halogenated alkanes) is 23. The number of hydrogen-bond acceptors (Lipinski definition) is 10. The Morgan fingerprint density at radius 2 is 1.05 bits per heavy atom. The maximum atomic E-state index is 13.0. The molecule has 0 spiro atoms. The number of aliphatic hydroxyl groups is 7. The molecule has 0 radical (unpaired) electrons. The molecule has 9 unspecified atom stereocenters. The summed E-state index contributed by atoms with van der Waals surface area (Å²) in [7, 11) is 0. The van der Waals surface area contributed by atoms with Crippen molar-refractivity contribution in [3.63, 3.8) is 0 Å². The molecule has 1 saturated heterocycles. The molecule has 0 aromatic heterocycles. The summed E-state index contributed by atoms with van der Waals surface area (Å²) in [5.74, 6) is -0.705. The second-order valence-corrected chi connectivity index (χ2v) is 16.1. The lowest BCUT2D eigenvalue weighted by Crippen LogP contribution is -2.60. The van der Waals surface area contributed by atoms with Gasteiger partial charge in [-0.2, -0.15) is 0 Å². The summed E-state index contributed by atoms with van der Waals surface area (Å²) in [4.78, 5) is 13.0. The maximum absolute atomic E-state index is 13.0. The van der Waals surface area contributed by atoms with E-state index in [0.717, 1.165) is 64.2 Å². The fourth-order valence-corrected chi connectivity index (χ4v) is 7.26. The lowest BCUT2D eigenvalue weighted by Gasteiger charge is -2.40. The minimum atomic E-state index is -1.66. The van der Waals surface area contributed by atoms with Gasteiger partial charge < -0.3 is 50.5 Å². The van der Waals surface area contributed by atoms with Crippen molar-refractivity contribution in [3.05, 3.63) is 12.2 Å². The van der Waals surface area contributed by atoms with Gasteiger partial charge in [0.25, 0.3) is 0 Å². The van der Waals surface area contributed by atoms with Crippen LogP contribution in [-0.2, 0) is 14.3 Å². The summed E-state index contributed by atoms with van der Waals surface area (Å²) in [5.41, 5.74) is 0. The van der Waals surface area contributed by atoms with Crippen LogP contribution in [0, 0.1) is 0 Å². The van der Waals surface area contributed by atoms with E-state index in [4.69, 9.17) is 9.47 Å². The third kappa shape index (κ3) is 25.1. The van der Waals surface area contributed by atoms with Crippen LogP contribution in [-0.4, -0.2) is 110 Å². The lowest BCUT2D eigenvalue weighted by molar-refractivity contribution is -0.303. The number of hydrogen-bond donors (Lipinski definition) is 8. The Bertz CT molecular complexity index is 908. The van der Waals surface area contributed by atoms with Gasteiger partial charge in [0.05, 0.1) is 25.4 Å². The molecule has 1 rings (SSSR count). The number of amides is 1. The van der Waals surface area contributed by atoms with Gasteiger partial charge in [-0.25, -0.2) is 0 Å². The first-order valence-electron chi connectivity index (χ1n) is 22.6. The summed E-state index contributed by atoms with van der Waals surface area (Å²) in [6.45, 7) is 3.35. The molecule has 0 saturated carbocycles. The molecule has 0 bridgehead atoms. The normalized spacial score (nSPS) is 22.5. The third-order valence-electron chi connectivity index (χ3n) is 11.1. The smallest absolute Gasteiger partial charge is 0.249 e. The fraction of sp³-hybridized carbons (Fsp3) is 0.932. The number of carbonyl (C=O) groups excluding carboxylic acids is 1. The van der Waals surface area contributed by atoms with E-state index in [1.165, 1.54) is 89.9 Å². The van der Waals surface area contributed by atoms with E-state index in [9.17, 15) is 40.5 Å². The van der Waals surface area contributed by atoms with Gasteiger partial charge >= 0.3 is 0 Å². The molecule has 1 aliphatic rings. The van der Waals surface area contributed by atoms with Crippen molar-refractivity contribution in [2.45, 2.75) is 249 Å². The van der Waals surface area contributed by atoms with E-state index >= 15 is 0 Å². The summed E-state index contributed by atoms with van der Waals surface area (Å²) in [5, 5.41) is 75.1. The Labute approximate surface area is 334 Å². The Morgan fingerprint density at radius 1 is 0.618 bits per heavy atom. The highest BCUT2D eigenvalue weighted by molar-refractivity contribution is 5.80. The summed E-state index contributed by atoms with van der Waals surface area (Å²) < 4.78 is 11.0. The van der Waals surface area contributed by atoms with E-state index in [2.05, 4.69) is 31.3 Å². The highest BCUT2D eigenvalue weighted by atomic mass is 16.7. The first-order chi connectivity index (χ1) is 26.7. The molecule has 9 atom stereocenters. The SMILES string of the molecule is CCCCCCCCCCCCCC/C=C\CCCCCCCCC(O)C(=O)NC(COC1OC(CO)C(O)C(O)C1O)C(O)C(O)CCCCCCCC. The van der Waals surface area contributed by atoms with Crippen LogP contribution in [0.4, 0.5) is 0 Å². The molecule has 0 aromatic rings. The Morgan fingerprint density at radius 3 is 1.53 bits per heavy atom. The molecule has 11 heteroatoms. The van der Waals surface area contributed by atoms with Crippen LogP contribution >= 0.6 is 0 Å². The number of rotatable bonds is 37. The van der Waals surface area contributed by atoms with Gasteiger partial charge in [0.2, 0.25) is 5.91 Å². The topological polar surface area (TPSA) is 189 Å². The molecule has 8 N–H and O–H groups in total. The summed E-state index contributed by atoms with van der Waals surface area (Å²) >= 11 is 0. The van der Waals surface area contributed by atoms with E-state index in [1.807, 2.05) is 0 Å². The van der Waals surface area contributed by atoms with Crippen molar-refractivity contribution in [2.24, 2.45) is 0 Å². The highest BCUT2D eigenvalue weighted by Gasteiger charge is 2.44. The molecule has 1 aliphatic heterocycles. The van der Waals surface area contributed by atoms with Gasteiger partial charge in [-0.15, -0.1) is 0 Å². The minimum absolute atomic E-state index is 0.254. The number of allylic oxidation sites excluding steroid dienone is 2. The summed E-state index contributed by atoms with van der Waals surface area (Å²) in [6.07, 6.45) is 24.6. The molecular weight excluding hydrogens is 702 g/mol. The monoisotopic (exact) mass is 788 g/mol. The number of carbonyl (C=O) groups is 1. The summed E-state index contributed by atoms with van der Waals surface area (Å²) in [6, 6.07) is -1.16.